The molecule has 0 spiro atoms. The van der Waals surface area contributed by atoms with E-state index in [0.29, 0.717) is 13.0 Å². The number of anilines is 1. The smallest absolute Gasteiger partial charge is 0.222 e. The second kappa shape index (κ2) is 7.46. The van der Waals surface area contributed by atoms with Crippen LogP contribution in [0.15, 0.2) is 24.3 Å². The van der Waals surface area contributed by atoms with Gasteiger partial charge in [0.15, 0.2) is 0 Å². The maximum Gasteiger partial charge on any atom is 0.222 e. The molecule has 1 heterocycles. The van der Waals surface area contributed by atoms with Gasteiger partial charge in [0.25, 0.3) is 0 Å². The van der Waals surface area contributed by atoms with Crippen molar-refractivity contribution in [2.45, 2.75) is 26.3 Å². The summed E-state index contributed by atoms with van der Waals surface area (Å²) < 4.78 is 0. The Labute approximate surface area is 128 Å². The van der Waals surface area contributed by atoms with E-state index in [1.807, 2.05) is 14.0 Å². The van der Waals surface area contributed by atoms with Crippen molar-refractivity contribution >= 4 is 11.6 Å². The molecule has 0 bridgehead atoms. The van der Waals surface area contributed by atoms with Crippen molar-refractivity contribution in [1.82, 2.24) is 9.80 Å². The molecular weight excluding hydrogens is 262 g/mol. The number of rotatable bonds is 4. The van der Waals surface area contributed by atoms with Crippen LogP contribution in [0.2, 0.25) is 0 Å². The molecule has 0 aromatic heterocycles. The predicted molar refractivity (Wildman–Crippen MR) is 87.5 cm³/mol. The van der Waals surface area contributed by atoms with Crippen molar-refractivity contribution in [2.75, 3.05) is 45.2 Å². The molecule has 4 heteroatoms. The Balaban J connectivity index is 1.96. The van der Waals surface area contributed by atoms with Gasteiger partial charge in [-0.25, -0.2) is 0 Å². The van der Waals surface area contributed by atoms with E-state index in [2.05, 4.69) is 41.1 Å². The van der Waals surface area contributed by atoms with Crippen LogP contribution < -0.4 is 4.90 Å². The molecule has 2 rings (SSSR count). The molecule has 0 atom stereocenters. The zero-order valence-corrected chi connectivity index (χ0v) is 13.5. The molecule has 4 nitrogen and oxygen atoms in total. The average Bonchev–Trinajstić information content (AvgIpc) is 2.72. The summed E-state index contributed by atoms with van der Waals surface area (Å²) in [5, 5.41) is 0. The molecule has 1 amide bonds. The molecule has 0 aliphatic carbocycles. The number of hydrogen-bond acceptors (Lipinski definition) is 3. The van der Waals surface area contributed by atoms with E-state index >= 15 is 0 Å². The van der Waals surface area contributed by atoms with Crippen molar-refractivity contribution < 1.29 is 4.79 Å². The molecule has 0 N–H and O–H groups in total. The number of amides is 1. The van der Waals surface area contributed by atoms with Gasteiger partial charge in [0, 0.05) is 45.3 Å². The quantitative estimate of drug-likeness (QED) is 0.850. The monoisotopic (exact) mass is 289 g/mol. The fraction of sp³-hybridized carbons (Fsp3) is 0.588. The van der Waals surface area contributed by atoms with Gasteiger partial charge in [-0.15, -0.1) is 0 Å². The zero-order chi connectivity index (χ0) is 15.2. The van der Waals surface area contributed by atoms with Crippen molar-refractivity contribution in [3.63, 3.8) is 0 Å². The molecule has 1 aliphatic heterocycles. The Morgan fingerprint density at radius 2 is 1.86 bits per heavy atom. The summed E-state index contributed by atoms with van der Waals surface area (Å²) in [4.78, 5) is 18.2. The van der Waals surface area contributed by atoms with Crippen LogP contribution in [0.5, 0.6) is 0 Å². The molecule has 0 radical (unpaired) electrons. The Morgan fingerprint density at radius 3 is 2.52 bits per heavy atom. The van der Waals surface area contributed by atoms with Gasteiger partial charge in [-0.2, -0.15) is 0 Å². The van der Waals surface area contributed by atoms with Crippen LogP contribution in [-0.2, 0) is 11.3 Å². The van der Waals surface area contributed by atoms with E-state index < -0.39 is 0 Å². The molecule has 1 aromatic rings. The Hall–Kier alpha value is -1.55. The molecule has 116 valence electrons. The molecule has 21 heavy (non-hydrogen) atoms. The van der Waals surface area contributed by atoms with Gasteiger partial charge in [-0.05, 0) is 37.7 Å². The molecule has 0 unspecified atom stereocenters. The summed E-state index contributed by atoms with van der Waals surface area (Å²) in [6.45, 7) is 7.10. The van der Waals surface area contributed by atoms with Gasteiger partial charge in [0.05, 0.1) is 0 Å². The first kappa shape index (κ1) is 15.8. The molecule has 0 saturated carbocycles. The summed E-state index contributed by atoms with van der Waals surface area (Å²) in [5.41, 5.74) is 2.48. The fourth-order valence-corrected chi connectivity index (χ4v) is 2.75. The number of hydrogen-bond donors (Lipinski definition) is 0. The third-order valence-electron chi connectivity index (χ3n) is 4.17. The predicted octanol–water partition coefficient (Wildman–Crippen LogP) is 2.20. The topological polar surface area (TPSA) is 26.8 Å². The van der Waals surface area contributed by atoms with Crippen LogP contribution in [0.1, 0.15) is 25.3 Å². The lowest BCUT2D eigenvalue weighted by atomic mass is 10.1. The number of nitrogens with zero attached hydrogens (tertiary/aromatic N) is 3. The highest BCUT2D eigenvalue weighted by atomic mass is 16.2. The van der Waals surface area contributed by atoms with Crippen LogP contribution in [0.4, 0.5) is 5.69 Å². The van der Waals surface area contributed by atoms with Gasteiger partial charge in [-0.1, -0.05) is 19.1 Å². The van der Waals surface area contributed by atoms with E-state index in [-0.39, 0.29) is 5.91 Å². The highest BCUT2D eigenvalue weighted by Gasteiger charge is 2.13. The fourth-order valence-electron chi connectivity index (χ4n) is 2.75. The SMILES string of the molecule is CCC(=O)N(C)Cc1ccc(N2CCCN(C)CC2)cc1. The Bertz CT molecular complexity index is 458. The summed E-state index contributed by atoms with van der Waals surface area (Å²) in [6.07, 6.45) is 1.78. The van der Waals surface area contributed by atoms with Gasteiger partial charge < -0.3 is 14.7 Å². The van der Waals surface area contributed by atoms with Gasteiger partial charge in [0.2, 0.25) is 5.91 Å². The van der Waals surface area contributed by atoms with E-state index in [1.54, 1.807) is 4.90 Å². The summed E-state index contributed by atoms with van der Waals surface area (Å²) in [7, 11) is 4.05. The van der Waals surface area contributed by atoms with Gasteiger partial charge >= 0.3 is 0 Å². The molecule has 1 fully saturated rings. The standard InChI is InChI=1S/C17H27N3O/c1-4-17(21)19(3)14-15-6-8-16(9-7-15)20-11-5-10-18(2)12-13-20/h6-9H,4-5,10-14H2,1-3H3. The normalized spacial score (nSPS) is 16.6. The van der Waals surface area contributed by atoms with Crippen molar-refractivity contribution in [3.05, 3.63) is 29.8 Å². The summed E-state index contributed by atoms with van der Waals surface area (Å²) in [6, 6.07) is 8.66. The summed E-state index contributed by atoms with van der Waals surface area (Å²) in [5.74, 6) is 0.189. The number of likely N-dealkylation sites (N-methyl/N-ethyl adjacent to an activating group) is 1. The van der Waals surface area contributed by atoms with Crippen LogP contribution in [0.25, 0.3) is 0 Å². The second-order valence-electron chi connectivity index (χ2n) is 5.91. The number of carbonyl (C=O) groups excluding carboxylic acids is 1. The van der Waals surface area contributed by atoms with E-state index in [1.165, 1.54) is 24.2 Å². The zero-order valence-electron chi connectivity index (χ0n) is 13.5. The van der Waals surface area contributed by atoms with E-state index in [4.69, 9.17) is 0 Å². The Kier molecular flexibility index (Phi) is 5.62. The van der Waals surface area contributed by atoms with E-state index in [9.17, 15) is 4.79 Å². The first-order chi connectivity index (χ1) is 10.1. The van der Waals surface area contributed by atoms with Crippen LogP contribution >= 0.6 is 0 Å². The van der Waals surface area contributed by atoms with Crippen LogP contribution in [-0.4, -0.2) is 56.0 Å². The minimum atomic E-state index is 0.189. The Morgan fingerprint density at radius 1 is 1.14 bits per heavy atom. The van der Waals surface area contributed by atoms with Crippen LogP contribution in [0, 0.1) is 0 Å². The van der Waals surface area contributed by atoms with Crippen molar-refractivity contribution in [3.8, 4) is 0 Å². The summed E-state index contributed by atoms with van der Waals surface area (Å²) >= 11 is 0. The van der Waals surface area contributed by atoms with E-state index in [0.717, 1.165) is 19.6 Å². The minimum Gasteiger partial charge on any atom is -0.370 e. The number of benzene rings is 1. The third kappa shape index (κ3) is 4.46. The molecular formula is C17H27N3O. The first-order valence-electron chi connectivity index (χ1n) is 7.86. The van der Waals surface area contributed by atoms with Crippen molar-refractivity contribution in [2.24, 2.45) is 0 Å². The number of carbonyl (C=O) groups is 1. The third-order valence-corrected chi connectivity index (χ3v) is 4.17. The maximum absolute atomic E-state index is 11.6. The molecule has 1 saturated heterocycles. The van der Waals surface area contributed by atoms with Crippen molar-refractivity contribution in [1.29, 1.82) is 0 Å². The average molecular weight is 289 g/mol. The molecule has 1 aliphatic rings. The highest BCUT2D eigenvalue weighted by molar-refractivity contribution is 5.75. The van der Waals surface area contributed by atoms with Gasteiger partial charge in [-0.3, -0.25) is 4.79 Å². The largest absolute Gasteiger partial charge is 0.370 e. The first-order valence-corrected chi connectivity index (χ1v) is 7.86. The second-order valence-corrected chi connectivity index (χ2v) is 5.91. The highest BCUT2D eigenvalue weighted by Crippen LogP contribution is 2.18. The van der Waals surface area contributed by atoms with Crippen LogP contribution in [0.3, 0.4) is 0 Å². The molecule has 1 aromatic carbocycles. The lowest BCUT2D eigenvalue weighted by molar-refractivity contribution is -0.130. The maximum atomic E-state index is 11.6. The lowest BCUT2D eigenvalue weighted by Crippen LogP contribution is -2.28. The van der Waals surface area contributed by atoms with Gasteiger partial charge in [0.1, 0.15) is 0 Å². The lowest BCUT2D eigenvalue weighted by Gasteiger charge is -2.23. The minimum absolute atomic E-state index is 0.189.